The number of rotatable bonds is 6. The van der Waals surface area contributed by atoms with Gasteiger partial charge in [-0.15, -0.1) is 0 Å². The van der Waals surface area contributed by atoms with Crippen molar-refractivity contribution in [2.24, 2.45) is 5.92 Å². The monoisotopic (exact) mass is 242 g/mol. The molecule has 5 heteroatoms. The predicted octanol–water partition coefficient (Wildman–Crippen LogP) is -0.0923. The number of hydrogen-bond donors (Lipinski definition) is 2. The zero-order valence-corrected chi connectivity index (χ0v) is 10.5. The fourth-order valence-electron chi connectivity index (χ4n) is 2.10. The van der Waals surface area contributed by atoms with E-state index in [1.54, 1.807) is 0 Å². The smallest absolute Gasteiger partial charge is 0.246 e. The van der Waals surface area contributed by atoms with Gasteiger partial charge in [-0.05, 0) is 25.7 Å². The number of ether oxygens (including phenoxy) is 2. The largest absolute Gasteiger partial charge is 0.381 e. The Morgan fingerprint density at radius 1 is 1.59 bits per heavy atom. The Hall–Kier alpha value is -0.650. The normalized spacial score (nSPS) is 26.5. The maximum Gasteiger partial charge on any atom is 0.246 e. The second kappa shape index (κ2) is 5.80. The molecule has 0 aromatic carbocycles. The summed E-state index contributed by atoms with van der Waals surface area (Å²) in [5.74, 6) is 0.599. The van der Waals surface area contributed by atoms with E-state index in [-0.39, 0.29) is 18.1 Å². The van der Waals surface area contributed by atoms with Crippen molar-refractivity contribution in [1.29, 1.82) is 0 Å². The number of amides is 1. The lowest BCUT2D eigenvalue weighted by atomic mass is 10.0. The van der Waals surface area contributed by atoms with Gasteiger partial charge in [-0.2, -0.15) is 0 Å². The molecular weight excluding hydrogens is 220 g/mol. The summed E-state index contributed by atoms with van der Waals surface area (Å²) >= 11 is 0. The van der Waals surface area contributed by atoms with Crippen molar-refractivity contribution in [3.8, 4) is 0 Å². The molecule has 2 rings (SSSR count). The Bertz CT molecular complexity index is 260. The molecule has 2 N–H and O–H groups in total. The summed E-state index contributed by atoms with van der Waals surface area (Å²) in [6, 6.07) is 0. The van der Waals surface area contributed by atoms with Gasteiger partial charge in [0.25, 0.3) is 0 Å². The van der Waals surface area contributed by atoms with Crippen molar-refractivity contribution in [1.82, 2.24) is 10.6 Å². The van der Waals surface area contributed by atoms with Crippen molar-refractivity contribution in [2.45, 2.75) is 25.4 Å². The zero-order chi connectivity index (χ0) is 12.1. The Morgan fingerprint density at radius 3 is 3.00 bits per heavy atom. The molecule has 0 saturated carbocycles. The highest BCUT2D eigenvalue weighted by Gasteiger charge is 2.32. The summed E-state index contributed by atoms with van der Waals surface area (Å²) < 4.78 is 10.8. The quantitative estimate of drug-likeness (QED) is 0.683. The molecule has 2 heterocycles. The van der Waals surface area contributed by atoms with E-state index in [1.165, 1.54) is 0 Å². The van der Waals surface area contributed by atoms with Crippen molar-refractivity contribution >= 4 is 5.91 Å². The summed E-state index contributed by atoms with van der Waals surface area (Å²) in [5.41, 5.74) is -0.142. The lowest BCUT2D eigenvalue weighted by Gasteiger charge is -2.38. The van der Waals surface area contributed by atoms with Gasteiger partial charge >= 0.3 is 0 Å². The summed E-state index contributed by atoms with van der Waals surface area (Å²) in [6.45, 7) is 6.29. The van der Waals surface area contributed by atoms with Crippen LogP contribution in [0.15, 0.2) is 0 Å². The molecule has 0 radical (unpaired) electrons. The van der Waals surface area contributed by atoms with Crippen LogP contribution in [0.4, 0.5) is 0 Å². The lowest BCUT2D eigenvalue weighted by Crippen LogP contribution is -2.59. The number of carbonyl (C=O) groups excluding carboxylic acids is 1. The first-order valence-corrected chi connectivity index (χ1v) is 6.37. The average molecular weight is 242 g/mol. The number of nitrogens with one attached hydrogen (secondary N) is 2. The summed E-state index contributed by atoms with van der Waals surface area (Å²) in [5, 5.41) is 6.03. The summed E-state index contributed by atoms with van der Waals surface area (Å²) in [6.07, 6.45) is 2.13. The van der Waals surface area contributed by atoms with Crippen LogP contribution in [-0.2, 0) is 14.3 Å². The Labute approximate surface area is 102 Å². The molecule has 98 valence electrons. The summed E-state index contributed by atoms with van der Waals surface area (Å²) in [7, 11) is 0. The van der Waals surface area contributed by atoms with Crippen LogP contribution >= 0.6 is 0 Å². The van der Waals surface area contributed by atoms with Gasteiger partial charge in [0.1, 0.15) is 6.61 Å². The van der Waals surface area contributed by atoms with Crippen molar-refractivity contribution in [3.05, 3.63) is 0 Å². The second-order valence-corrected chi connectivity index (χ2v) is 5.21. The van der Waals surface area contributed by atoms with Crippen LogP contribution in [0.1, 0.15) is 19.8 Å². The topological polar surface area (TPSA) is 59.6 Å². The van der Waals surface area contributed by atoms with Gasteiger partial charge in [0, 0.05) is 32.8 Å². The molecule has 0 aromatic rings. The average Bonchev–Trinajstić information content (AvgIpc) is 2.77. The maximum atomic E-state index is 11.5. The van der Waals surface area contributed by atoms with Gasteiger partial charge in [-0.1, -0.05) is 0 Å². The minimum absolute atomic E-state index is 0.0166. The van der Waals surface area contributed by atoms with Crippen molar-refractivity contribution in [3.63, 3.8) is 0 Å². The minimum Gasteiger partial charge on any atom is -0.381 e. The van der Waals surface area contributed by atoms with Gasteiger partial charge in [0.05, 0.1) is 5.60 Å². The molecule has 17 heavy (non-hydrogen) atoms. The standard InChI is InChI=1S/C12H22N2O3/c1-12(8-13-9-12)17-7-11(15)14-4-2-10-3-5-16-6-10/h10,13H,2-9H2,1H3,(H,14,15). The van der Waals surface area contributed by atoms with Crippen LogP contribution in [0, 0.1) is 5.92 Å². The van der Waals surface area contributed by atoms with Gasteiger partial charge in [-0.3, -0.25) is 4.79 Å². The van der Waals surface area contributed by atoms with Crippen LogP contribution in [0.5, 0.6) is 0 Å². The maximum absolute atomic E-state index is 11.5. The van der Waals surface area contributed by atoms with E-state index in [1.807, 2.05) is 6.92 Å². The molecule has 0 aromatic heterocycles. The number of hydrogen-bond acceptors (Lipinski definition) is 4. The molecule has 0 bridgehead atoms. The third-order valence-corrected chi connectivity index (χ3v) is 3.45. The molecule has 0 spiro atoms. The minimum atomic E-state index is -0.142. The molecule has 5 nitrogen and oxygen atoms in total. The highest BCUT2D eigenvalue weighted by molar-refractivity contribution is 5.77. The molecule has 2 saturated heterocycles. The van der Waals surface area contributed by atoms with E-state index in [9.17, 15) is 4.79 Å². The molecule has 1 unspecified atom stereocenters. The molecule has 1 amide bonds. The zero-order valence-electron chi connectivity index (χ0n) is 10.5. The molecule has 0 aliphatic carbocycles. The lowest BCUT2D eigenvalue weighted by molar-refractivity contribution is -0.135. The molecule has 2 aliphatic rings. The van der Waals surface area contributed by atoms with E-state index >= 15 is 0 Å². The Morgan fingerprint density at radius 2 is 2.41 bits per heavy atom. The first-order valence-electron chi connectivity index (χ1n) is 6.37. The van der Waals surface area contributed by atoms with Gasteiger partial charge in [-0.25, -0.2) is 0 Å². The fourth-order valence-corrected chi connectivity index (χ4v) is 2.10. The van der Waals surface area contributed by atoms with E-state index in [4.69, 9.17) is 9.47 Å². The molecule has 2 fully saturated rings. The first-order chi connectivity index (χ1) is 8.18. The SMILES string of the molecule is CC1(OCC(=O)NCCC2CCOC2)CNC1. The van der Waals surface area contributed by atoms with Crippen LogP contribution in [0.2, 0.25) is 0 Å². The molecule has 1 atom stereocenters. The van der Waals surface area contributed by atoms with Crippen molar-refractivity contribution < 1.29 is 14.3 Å². The molecule has 2 aliphatic heterocycles. The van der Waals surface area contributed by atoms with Gasteiger partial charge < -0.3 is 20.1 Å². The second-order valence-electron chi connectivity index (χ2n) is 5.21. The first kappa shape index (κ1) is 12.8. The van der Waals surface area contributed by atoms with Crippen LogP contribution in [0.3, 0.4) is 0 Å². The van der Waals surface area contributed by atoms with E-state index in [2.05, 4.69) is 10.6 Å². The fraction of sp³-hybridized carbons (Fsp3) is 0.917. The van der Waals surface area contributed by atoms with Crippen LogP contribution in [0.25, 0.3) is 0 Å². The van der Waals surface area contributed by atoms with Crippen molar-refractivity contribution in [2.75, 3.05) is 39.5 Å². The Kier molecular flexibility index (Phi) is 4.36. The molecular formula is C12H22N2O3. The van der Waals surface area contributed by atoms with E-state index in [0.29, 0.717) is 5.92 Å². The predicted molar refractivity (Wildman–Crippen MR) is 63.8 cm³/mol. The van der Waals surface area contributed by atoms with E-state index < -0.39 is 0 Å². The Balaban J connectivity index is 1.51. The van der Waals surface area contributed by atoms with E-state index in [0.717, 1.165) is 45.7 Å². The number of carbonyl (C=O) groups is 1. The third-order valence-electron chi connectivity index (χ3n) is 3.45. The van der Waals surface area contributed by atoms with Crippen LogP contribution in [-0.4, -0.2) is 51.0 Å². The highest BCUT2D eigenvalue weighted by atomic mass is 16.5. The highest BCUT2D eigenvalue weighted by Crippen LogP contribution is 2.16. The van der Waals surface area contributed by atoms with Gasteiger partial charge in [0.15, 0.2) is 0 Å². The third kappa shape index (κ3) is 3.94. The van der Waals surface area contributed by atoms with Crippen LogP contribution < -0.4 is 10.6 Å². The van der Waals surface area contributed by atoms with Gasteiger partial charge in [0.2, 0.25) is 5.91 Å². The summed E-state index contributed by atoms with van der Waals surface area (Å²) in [4.78, 5) is 11.5.